The number of hydroxylamine groups is 2. The van der Waals surface area contributed by atoms with E-state index in [1.54, 1.807) is 0 Å². The first-order chi connectivity index (χ1) is 11.6. The third-order valence-electron chi connectivity index (χ3n) is 3.49. The highest BCUT2D eigenvalue weighted by atomic mass is 19.4. The molecule has 25 heavy (non-hydrogen) atoms. The minimum atomic E-state index is -4.83. The summed E-state index contributed by atoms with van der Waals surface area (Å²) in [4.78, 5) is 17.1. The van der Waals surface area contributed by atoms with Crippen molar-refractivity contribution in [3.63, 3.8) is 0 Å². The number of hydrogen-bond donors (Lipinski definition) is 2. The summed E-state index contributed by atoms with van der Waals surface area (Å²) in [5.41, 5.74) is -2.01. The van der Waals surface area contributed by atoms with Crippen molar-refractivity contribution >= 4 is 5.91 Å². The molecular weight excluding hydrogens is 348 g/mol. The first kappa shape index (κ1) is 18.6. The van der Waals surface area contributed by atoms with Crippen LogP contribution in [0.5, 0.6) is 11.6 Å². The number of hydrogen-bond acceptors (Lipinski definition) is 4. The van der Waals surface area contributed by atoms with Crippen LogP contribution in [0.2, 0.25) is 0 Å². The smallest absolute Gasteiger partial charge is 0.416 e. The number of rotatable bonds is 4. The fourth-order valence-electron chi connectivity index (χ4n) is 2.22. The molecule has 2 rings (SSSR count). The van der Waals surface area contributed by atoms with Gasteiger partial charge in [-0.05, 0) is 17.7 Å². The van der Waals surface area contributed by atoms with Gasteiger partial charge in [-0.1, -0.05) is 6.07 Å². The first-order valence-electron chi connectivity index (χ1n) is 6.85. The molecule has 2 aromatic rings. The molecule has 1 aromatic heterocycles. The van der Waals surface area contributed by atoms with E-state index in [9.17, 15) is 32.6 Å². The molecule has 0 atom stereocenters. The Morgan fingerprint density at radius 1 is 1.32 bits per heavy atom. The number of amides is 1. The van der Waals surface area contributed by atoms with Crippen LogP contribution in [0.15, 0.2) is 24.4 Å². The zero-order valence-electron chi connectivity index (χ0n) is 13.1. The molecule has 0 aliphatic rings. The molecule has 1 aromatic carbocycles. The van der Waals surface area contributed by atoms with Crippen LogP contribution in [0.1, 0.15) is 21.5 Å². The van der Waals surface area contributed by atoms with Crippen LogP contribution < -0.4 is 0 Å². The van der Waals surface area contributed by atoms with E-state index in [1.165, 1.54) is 7.05 Å². The third kappa shape index (κ3) is 3.68. The Balaban J connectivity index is 2.37. The van der Waals surface area contributed by atoms with Crippen LogP contribution in [0.25, 0.3) is 0 Å². The number of carbonyl (C=O) groups excluding carboxylic acids is 1. The maximum Gasteiger partial charge on any atom is 0.416 e. The van der Waals surface area contributed by atoms with Gasteiger partial charge in [0.05, 0.1) is 19.2 Å². The van der Waals surface area contributed by atoms with Crippen molar-refractivity contribution in [3.05, 3.63) is 46.9 Å². The van der Waals surface area contributed by atoms with Crippen molar-refractivity contribution in [1.82, 2.24) is 9.63 Å². The molecular formula is C15H14F4N2O4. The van der Waals surface area contributed by atoms with Gasteiger partial charge in [0.15, 0.2) is 5.75 Å². The Morgan fingerprint density at radius 2 is 1.96 bits per heavy atom. The van der Waals surface area contributed by atoms with Crippen molar-refractivity contribution in [2.24, 2.45) is 7.05 Å². The number of carbonyl (C=O) groups is 1. The van der Waals surface area contributed by atoms with E-state index < -0.39 is 47.2 Å². The molecule has 0 radical (unpaired) electrons. The van der Waals surface area contributed by atoms with Gasteiger partial charge < -0.3 is 14.8 Å². The van der Waals surface area contributed by atoms with Crippen molar-refractivity contribution in [1.29, 1.82) is 0 Å². The maximum absolute atomic E-state index is 13.1. The van der Waals surface area contributed by atoms with Crippen LogP contribution >= 0.6 is 0 Å². The SMILES string of the molecule is CON(Cc1ccc(F)cc1C(F)(F)F)C(=O)c1cn(C)c(O)c1O. The van der Waals surface area contributed by atoms with Gasteiger partial charge in [-0.3, -0.25) is 9.63 Å². The highest BCUT2D eigenvalue weighted by molar-refractivity contribution is 5.97. The second kappa shape index (κ2) is 6.63. The fraction of sp³-hybridized carbons (Fsp3) is 0.267. The Labute approximate surface area is 139 Å². The molecule has 0 saturated heterocycles. The summed E-state index contributed by atoms with van der Waals surface area (Å²) in [6.07, 6.45) is -3.73. The normalized spacial score (nSPS) is 11.6. The largest absolute Gasteiger partial charge is 0.503 e. The molecule has 1 amide bonds. The summed E-state index contributed by atoms with van der Waals surface area (Å²) < 4.78 is 53.3. The quantitative estimate of drug-likeness (QED) is 0.648. The lowest BCUT2D eigenvalue weighted by atomic mass is 10.1. The van der Waals surface area contributed by atoms with Crippen LogP contribution in [0, 0.1) is 5.82 Å². The van der Waals surface area contributed by atoms with Crippen molar-refractivity contribution in [2.45, 2.75) is 12.7 Å². The molecule has 2 N–H and O–H groups in total. The third-order valence-corrected chi connectivity index (χ3v) is 3.49. The van der Waals surface area contributed by atoms with E-state index in [2.05, 4.69) is 0 Å². The van der Waals surface area contributed by atoms with Gasteiger partial charge in [0.2, 0.25) is 5.88 Å². The van der Waals surface area contributed by atoms with Gasteiger partial charge in [0.25, 0.3) is 5.91 Å². The Kier molecular flexibility index (Phi) is 4.93. The number of nitrogens with zero attached hydrogens (tertiary/aromatic N) is 2. The highest BCUT2D eigenvalue weighted by Gasteiger charge is 2.35. The summed E-state index contributed by atoms with van der Waals surface area (Å²) in [5.74, 6) is -3.37. The molecule has 10 heteroatoms. The topological polar surface area (TPSA) is 74.9 Å². The van der Waals surface area contributed by atoms with Gasteiger partial charge in [0, 0.05) is 13.2 Å². The molecule has 0 fully saturated rings. The van der Waals surface area contributed by atoms with Gasteiger partial charge in [-0.25, -0.2) is 9.45 Å². The van der Waals surface area contributed by atoms with E-state index in [4.69, 9.17) is 4.84 Å². The summed E-state index contributed by atoms with van der Waals surface area (Å²) in [6.45, 7) is -0.653. The fourth-order valence-corrected chi connectivity index (χ4v) is 2.22. The lowest BCUT2D eigenvalue weighted by Crippen LogP contribution is -2.30. The van der Waals surface area contributed by atoms with Crippen LogP contribution in [0.3, 0.4) is 0 Å². The molecule has 136 valence electrons. The van der Waals surface area contributed by atoms with Gasteiger partial charge >= 0.3 is 6.18 Å². The number of benzene rings is 1. The van der Waals surface area contributed by atoms with Crippen LogP contribution in [-0.2, 0) is 24.6 Å². The summed E-state index contributed by atoms with van der Waals surface area (Å²) >= 11 is 0. The van der Waals surface area contributed by atoms with E-state index in [0.29, 0.717) is 11.1 Å². The molecule has 0 saturated carbocycles. The summed E-state index contributed by atoms with van der Waals surface area (Å²) in [6, 6.07) is 2.04. The zero-order chi connectivity index (χ0) is 18.9. The van der Waals surface area contributed by atoms with Gasteiger partial charge in [0.1, 0.15) is 11.4 Å². The minimum Gasteiger partial charge on any atom is -0.503 e. The lowest BCUT2D eigenvalue weighted by molar-refractivity contribution is -0.140. The number of aryl methyl sites for hydroxylation is 1. The maximum atomic E-state index is 13.1. The zero-order valence-corrected chi connectivity index (χ0v) is 13.1. The Bertz CT molecular complexity index is 802. The predicted octanol–water partition coefficient (Wildman–Crippen LogP) is 2.80. The highest BCUT2D eigenvalue weighted by Crippen LogP contribution is 2.34. The molecule has 1 heterocycles. The van der Waals surface area contributed by atoms with Crippen molar-refractivity contribution in [2.75, 3.05) is 7.11 Å². The minimum absolute atomic E-state index is 0.319. The van der Waals surface area contributed by atoms with E-state index >= 15 is 0 Å². The van der Waals surface area contributed by atoms with Crippen LogP contribution in [0.4, 0.5) is 17.6 Å². The number of aromatic hydroxyl groups is 2. The van der Waals surface area contributed by atoms with Gasteiger partial charge in [-0.15, -0.1) is 0 Å². The molecule has 0 aliphatic carbocycles. The number of alkyl halides is 3. The average molecular weight is 362 g/mol. The lowest BCUT2D eigenvalue weighted by Gasteiger charge is -2.21. The van der Waals surface area contributed by atoms with Crippen LogP contribution in [-0.4, -0.2) is 32.9 Å². The molecule has 0 aliphatic heterocycles. The summed E-state index contributed by atoms with van der Waals surface area (Å²) in [5, 5.41) is 19.8. The number of aromatic nitrogens is 1. The molecule has 0 spiro atoms. The summed E-state index contributed by atoms with van der Waals surface area (Å²) in [7, 11) is 2.40. The van der Waals surface area contributed by atoms with E-state index in [1.807, 2.05) is 0 Å². The molecule has 0 bridgehead atoms. The van der Waals surface area contributed by atoms with E-state index in [-0.39, 0.29) is 5.56 Å². The first-order valence-corrected chi connectivity index (χ1v) is 6.85. The second-order valence-corrected chi connectivity index (χ2v) is 5.15. The average Bonchev–Trinajstić information content (AvgIpc) is 2.79. The van der Waals surface area contributed by atoms with Gasteiger partial charge in [-0.2, -0.15) is 13.2 Å². The molecule has 6 nitrogen and oxygen atoms in total. The molecule has 0 unspecified atom stereocenters. The van der Waals surface area contributed by atoms with Crippen molar-refractivity contribution in [3.8, 4) is 11.6 Å². The number of halogens is 4. The Morgan fingerprint density at radius 3 is 2.44 bits per heavy atom. The van der Waals surface area contributed by atoms with E-state index in [0.717, 1.165) is 30.0 Å². The standard InChI is InChI=1S/C15H14F4N2O4/c1-20-7-10(12(22)14(20)24)13(23)21(25-2)6-8-3-4-9(16)5-11(8)15(17,18)19/h3-5,7,22,24H,6H2,1-2H3. The monoisotopic (exact) mass is 362 g/mol. The van der Waals surface area contributed by atoms with Crippen molar-refractivity contribution < 1.29 is 37.4 Å². The second-order valence-electron chi connectivity index (χ2n) is 5.15. The predicted molar refractivity (Wildman–Crippen MR) is 77.0 cm³/mol. The Hall–Kier alpha value is -2.75.